The quantitative estimate of drug-likeness (QED) is 0.0377. The molecule has 1 aromatic rings. The van der Waals surface area contributed by atoms with Crippen molar-refractivity contribution in [3.8, 4) is 0 Å². The van der Waals surface area contributed by atoms with Crippen LogP contribution in [-0.2, 0) is 14.8 Å². The number of fused-ring (bicyclic) bond motifs is 3. The lowest BCUT2D eigenvalue weighted by Gasteiger charge is -2.41. The number of ether oxygens (including phenoxy) is 1. The van der Waals surface area contributed by atoms with Gasteiger partial charge in [-0.15, -0.1) is 0 Å². The highest BCUT2D eigenvalue weighted by molar-refractivity contribution is 7.89. The number of hydrogen-bond acceptors (Lipinski definition) is 5. The molecular weight excluding hydrogens is 715 g/mol. The first-order valence-electron chi connectivity index (χ1n) is 23.4. The van der Waals surface area contributed by atoms with Crippen LogP contribution in [0, 0.1) is 41.4 Å². The zero-order valence-electron chi connectivity index (χ0n) is 36.8. The average molecular weight is 796 g/mol. The SMILES string of the molecule is C/C=C1/CC2(NS(=O)(=O)c3ccc4c(c3)C(=O)OC4=O)CC1C(CCCCCC(C)CCCC(C)C)C2CCCCC(C)CCCCCCCCCC(C)CC. The first-order valence-corrected chi connectivity index (χ1v) is 24.9. The molecular formula is C49H81NO5S. The molecule has 318 valence electrons. The number of esters is 2. The van der Waals surface area contributed by atoms with Crippen LogP contribution >= 0.6 is 0 Å². The van der Waals surface area contributed by atoms with Crippen LogP contribution in [-0.4, -0.2) is 25.9 Å². The molecule has 0 saturated heterocycles. The van der Waals surface area contributed by atoms with Gasteiger partial charge >= 0.3 is 11.9 Å². The minimum absolute atomic E-state index is 0.0305. The van der Waals surface area contributed by atoms with E-state index in [9.17, 15) is 18.0 Å². The van der Waals surface area contributed by atoms with Gasteiger partial charge in [-0.3, -0.25) is 0 Å². The molecule has 2 fully saturated rings. The summed E-state index contributed by atoms with van der Waals surface area (Å²) in [5.41, 5.74) is 1.03. The van der Waals surface area contributed by atoms with E-state index in [1.165, 1.54) is 146 Å². The smallest absolute Gasteiger partial charge is 0.346 e. The molecule has 7 unspecified atom stereocenters. The fourth-order valence-corrected chi connectivity index (χ4v) is 12.0. The Hall–Kier alpha value is -1.99. The van der Waals surface area contributed by atoms with Gasteiger partial charge in [0.15, 0.2) is 0 Å². The summed E-state index contributed by atoms with van der Waals surface area (Å²) in [6, 6.07) is 4.19. The molecule has 3 aliphatic rings. The number of rotatable bonds is 29. The monoisotopic (exact) mass is 796 g/mol. The van der Waals surface area contributed by atoms with Crippen molar-refractivity contribution in [3.05, 3.63) is 41.0 Å². The molecule has 1 N–H and O–H groups in total. The van der Waals surface area contributed by atoms with E-state index in [0.717, 1.165) is 55.8 Å². The second-order valence-corrected chi connectivity index (χ2v) is 21.0. The molecule has 0 amide bonds. The van der Waals surface area contributed by atoms with E-state index < -0.39 is 27.5 Å². The fraction of sp³-hybridized carbons (Fsp3) is 0.796. The van der Waals surface area contributed by atoms with Crippen LogP contribution in [0.15, 0.2) is 34.7 Å². The number of benzene rings is 1. The lowest BCUT2D eigenvalue weighted by atomic mass is 9.69. The van der Waals surface area contributed by atoms with Crippen LogP contribution in [0.1, 0.15) is 223 Å². The molecule has 2 aliphatic carbocycles. The lowest BCUT2D eigenvalue weighted by molar-refractivity contribution is 0.0443. The third-order valence-electron chi connectivity index (χ3n) is 14.2. The number of allylic oxidation sites excluding steroid dienone is 1. The van der Waals surface area contributed by atoms with Crippen LogP contribution < -0.4 is 4.72 Å². The van der Waals surface area contributed by atoms with E-state index in [4.69, 9.17) is 4.74 Å². The maximum atomic E-state index is 14.2. The number of cyclic esters (lactones) is 2. The highest BCUT2D eigenvalue weighted by Crippen LogP contribution is 2.60. The first-order chi connectivity index (χ1) is 26.8. The Morgan fingerprint density at radius 3 is 1.86 bits per heavy atom. The lowest BCUT2D eigenvalue weighted by Crippen LogP contribution is -2.52. The summed E-state index contributed by atoms with van der Waals surface area (Å²) in [6.07, 6.45) is 32.3. The summed E-state index contributed by atoms with van der Waals surface area (Å²) in [7, 11) is -3.96. The van der Waals surface area contributed by atoms with E-state index in [0.29, 0.717) is 11.8 Å². The topological polar surface area (TPSA) is 89.5 Å². The van der Waals surface area contributed by atoms with E-state index >= 15 is 0 Å². The number of unbranched alkanes of at least 4 members (excludes halogenated alkanes) is 9. The molecule has 0 aromatic heterocycles. The van der Waals surface area contributed by atoms with Gasteiger partial charge in [-0.05, 0) is 92.2 Å². The third-order valence-corrected chi connectivity index (χ3v) is 15.8. The molecule has 1 aromatic carbocycles. The summed E-state index contributed by atoms with van der Waals surface area (Å²) in [6.45, 7) is 16.3. The van der Waals surface area contributed by atoms with Gasteiger partial charge in [0.25, 0.3) is 0 Å². The Morgan fingerprint density at radius 1 is 0.714 bits per heavy atom. The number of nitrogens with one attached hydrogen (secondary N) is 1. The molecule has 1 aliphatic heterocycles. The van der Waals surface area contributed by atoms with Gasteiger partial charge in [-0.2, -0.15) is 0 Å². The van der Waals surface area contributed by atoms with Gasteiger partial charge in [0, 0.05) is 5.54 Å². The van der Waals surface area contributed by atoms with Crippen molar-refractivity contribution in [3.63, 3.8) is 0 Å². The maximum Gasteiger partial charge on any atom is 0.346 e. The van der Waals surface area contributed by atoms with Crippen molar-refractivity contribution in [1.82, 2.24) is 4.72 Å². The molecule has 4 rings (SSSR count). The first kappa shape index (κ1) is 46.7. The highest BCUT2D eigenvalue weighted by atomic mass is 32.2. The second-order valence-electron chi connectivity index (χ2n) is 19.3. The van der Waals surface area contributed by atoms with Crippen LogP contribution in [0.4, 0.5) is 0 Å². The summed E-state index contributed by atoms with van der Waals surface area (Å²) >= 11 is 0. The normalized spacial score (nSPS) is 24.3. The number of carbonyl (C=O) groups is 2. The molecule has 6 nitrogen and oxygen atoms in total. The molecule has 2 bridgehead atoms. The number of hydrogen-bond donors (Lipinski definition) is 1. The van der Waals surface area contributed by atoms with Crippen molar-refractivity contribution >= 4 is 22.0 Å². The van der Waals surface area contributed by atoms with E-state index in [1.54, 1.807) is 0 Å². The summed E-state index contributed by atoms with van der Waals surface area (Å²) in [4.78, 5) is 24.5. The zero-order chi connectivity index (χ0) is 40.7. The highest BCUT2D eigenvalue weighted by Gasteiger charge is 2.60. The van der Waals surface area contributed by atoms with Gasteiger partial charge in [-0.25, -0.2) is 22.7 Å². The van der Waals surface area contributed by atoms with E-state index in [-0.39, 0.29) is 21.9 Å². The molecule has 0 spiro atoms. The summed E-state index contributed by atoms with van der Waals surface area (Å²) in [5.74, 6) is 2.84. The molecule has 1 heterocycles. The largest absolute Gasteiger partial charge is 0.386 e. The predicted octanol–water partition coefficient (Wildman–Crippen LogP) is 13.8. The Kier molecular flexibility index (Phi) is 19.2. The van der Waals surface area contributed by atoms with E-state index in [1.807, 2.05) is 0 Å². The molecule has 2 saturated carbocycles. The zero-order valence-corrected chi connectivity index (χ0v) is 37.6. The average Bonchev–Trinajstić information content (AvgIpc) is 3.77. The van der Waals surface area contributed by atoms with Gasteiger partial charge < -0.3 is 4.74 Å². The minimum Gasteiger partial charge on any atom is -0.386 e. The number of carbonyl (C=O) groups excluding carboxylic acids is 2. The van der Waals surface area contributed by atoms with Crippen LogP contribution in [0.25, 0.3) is 0 Å². The number of sulfonamides is 1. The van der Waals surface area contributed by atoms with Crippen LogP contribution in [0.2, 0.25) is 0 Å². The standard InChI is InChI=1S/C49H81NO5S/c1-8-37(5)24-16-13-11-10-12-14-17-25-38(6)27-20-21-30-46-42(29-19-15-18-26-39(7)28-22-23-36(3)4)45-35-49(46,34-40(45)9-2)50-56(53,54)41-31-32-43-44(33-41)48(52)55-47(43)51/h9,31-33,36-39,42,45-46,50H,8,10-30,34-35H2,1-7H3/b40-9-. The van der Waals surface area contributed by atoms with Crippen molar-refractivity contribution in [2.24, 2.45) is 41.4 Å². The Labute approximate surface area is 343 Å². The fourth-order valence-electron chi connectivity index (χ4n) is 10.6. The van der Waals surface area contributed by atoms with Crippen molar-refractivity contribution in [2.45, 2.75) is 213 Å². The van der Waals surface area contributed by atoms with Crippen LogP contribution in [0.5, 0.6) is 0 Å². The molecule has 56 heavy (non-hydrogen) atoms. The molecule has 7 heteroatoms. The van der Waals surface area contributed by atoms with E-state index in [2.05, 4.69) is 59.3 Å². The van der Waals surface area contributed by atoms with Crippen molar-refractivity contribution in [1.29, 1.82) is 0 Å². The van der Waals surface area contributed by atoms with Gasteiger partial charge in [-0.1, -0.05) is 182 Å². The van der Waals surface area contributed by atoms with Gasteiger partial charge in [0.1, 0.15) is 0 Å². The Bertz CT molecular complexity index is 1520. The Balaban J connectivity index is 1.33. The van der Waals surface area contributed by atoms with Crippen LogP contribution in [0.3, 0.4) is 0 Å². The molecule has 7 atom stereocenters. The predicted molar refractivity (Wildman–Crippen MR) is 232 cm³/mol. The summed E-state index contributed by atoms with van der Waals surface area (Å²) in [5, 5.41) is 0. The van der Waals surface area contributed by atoms with Gasteiger partial charge in [0.05, 0.1) is 16.0 Å². The van der Waals surface area contributed by atoms with Crippen molar-refractivity contribution < 1.29 is 22.7 Å². The minimum atomic E-state index is -3.96. The third kappa shape index (κ3) is 13.5. The van der Waals surface area contributed by atoms with Gasteiger partial charge in [0.2, 0.25) is 10.0 Å². The summed E-state index contributed by atoms with van der Waals surface area (Å²) < 4.78 is 36.4. The molecule has 0 radical (unpaired) electrons. The Morgan fingerprint density at radius 2 is 1.25 bits per heavy atom. The maximum absolute atomic E-state index is 14.2. The van der Waals surface area contributed by atoms with Crippen molar-refractivity contribution in [2.75, 3.05) is 0 Å². The second kappa shape index (κ2) is 23.0.